The van der Waals surface area contributed by atoms with Crippen LogP contribution in [0.5, 0.6) is 0 Å². The van der Waals surface area contributed by atoms with Crippen LogP contribution < -0.4 is 0 Å². The normalized spacial score (nSPS) is 19.4. The second-order valence-corrected chi connectivity index (χ2v) is 4.21. The summed E-state index contributed by atoms with van der Waals surface area (Å²) < 4.78 is 0. The molecule has 0 aliphatic carbocycles. The van der Waals surface area contributed by atoms with Gasteiger partial charge >= 0.3 is 5.97 Å². The molecule has 2 heterocycles. The molecular weight excluding hydrogens is 220 g/mol. The van der Waals surface area contributed by atoms with Gasteiger partial charge in [-0.1, -0.05) is 0 Å². The number of carbonyl (C=O) groups excluding carboxylic acids is 1. The molecule has 1 aliphatic heterocycles. The lowest BCUT2D eigenvalue weighted by Gasteiger charge is -2.16. The summed E-state index contributed by atoms with van der Waals surface area (Å²) in [6.45, 7) is 2.57. The van der Waals surface area contributed by atoms with E-state index in [0.29, 0.717) is 30.8 Å². The van der Waals surface area contributed by atoms with Gasteiger partial charge in [-0.25, -0.2) is 0 Å². The number of carbonyl (C=O) groups is 2. The van der Waals surface area contributed by atoms with Crippen LogP contribution in [0.3, 0.4) is 0 Å². The van der Waals surface area contributed by atoms with Gasteiger partial charge in [0.1, 0.15) is 0 Å². The minimum absolute atomic E-state index is 0.126. The van der Waals surface area contributed by atoms with Crippen molar-refractivity contribution in [3.63, 3.8) is 0 Å². The molecule has 0 aromatic carbocycles. The molecule has 1 amide bonds. The topological polar surface area (TPSA) is 70.5 Å². The van der Waals surface area contributed by atoms with Crippen LogP contribution in [-0.4, -0.2) is 40.0 Å². The first-order chi connectivity index (χ1) is 8.09. The van der Waals surface area contributed by atoms with Crippen molar-refractivity contribution < 1.29 is 14.7 Å². The molecule has 1 saturated heterocycles. The van der Waals surface area contributed by atoms with Gasteiger partial charge in [-0.15, -0.1) is 0 Å². The van der Waals surface area contributed by atoms with Gasteiger partial charge in [0.25, 0.3) is 5.91 Å². The lowest BCUT2D eigenvalue weighted by Crippen LogP contribution is -2.30. The van der Waals surface area contributed by atoms with Crippen LogP contribution >= 0.6 is 0 Å². The highest BCUT2D eigenvalue weighted by atomic mass is 16.4. The largest absolute Gasteiger partial charge is 0.481 e. The Balaban J connectivity index is 2.13. The van der Waals surface area contributed by atoms with Crippen LogP contribution in [0.4, 0.5) is 0 Å². The number of carboxylic acids is 1. The minimum Gasteiger partial charge on any atom is -0.481 e. The third-order valence-corrected chi connectivity index (χ3v) is 3.06. The quantitative estimate of drug-likeness (QED) is 0.826. The van der Waals surface area contributed by atoms with Gasteiger partial charge in [0.05, 0.1) is 11.5 Å². The van der Waals surface area contributed by atoms with Crippen LogP contribution in [0.1, 0.15) is 22.5 Å². The first-order valence-corrected chi connectivity index (χ1v) is 5.53. The van der Waals surface area contributed by atoms with Crippen LogP contribution in [-0.2, 0) is 4.79 Å². The lowest BCUT2D eigenvalue weighted by atomic mass is 10.1. The number of aromatic nitrogens is 1. The third kappa shape index (κ3) is 2.27. The van der Waals surface area contributed by atoms with Gasteiger partial charge in [-0.05, 0) is 25.5 Å². The van der Waals surface area contributed by atoms with Gasteiger partial charge in [-0.3, -0.25) is 14.6 Å². The number of rotatable bonds is 2. The molecule has 17 heavy (non-hydrogen) atoms. The first-order valence-electron chi connectivity index (χ1n) is 5.53. The summed E-state index contributed by atoms with van der Waals surface area (Å²) in [7, 11) is 0. The van der Waals surface area contributed by atoms with E-state index in [0.717, 1.165) is 0 Å². The second-order valence-electron chi connectivity index (χ2n) is 4.21. The molecule has 1 atom stereocenters. The van der Waals surface area contributed by atoms with Crippen molar-refractivity contribution in [1.29, 1.82) is 0 Å². The summed E-state index contributed by atoms with van der Waals surface area (Å²) in [5.41, 5.74) is 1.23. The van der Waals surface area contributed by atoms with E-state index in [1.807, 2.05) is 0 Å². The van der Waals surface area contributed by atoms with Crippen LogP contribution in [0.2, 0.25) is 0 Å². The average Bonchev–Trinajstić information content (AvgIpc) is 2.78. The summed E-state index contributed by atoms with van der Waals surface area (Å²) in [5, 5.41) is 8.89. The zero-order chi connectivity index (χ0) is 12.4. The van der Waals surface area contributed by atoms with Gasteiger partial charge in [-0.2, -0.15) is 0 Å². The fourth-order valence-corrected chi connectivity index (χ4v) is 2.03. The maximum atomic E-state index is 12.1. The number of pyridine rings is 1. The summed E-state index contributed by atoms with van der Waals surface area (Å²) >= 11 is 0. The number of aliphatic carboxylic acids is 1. The molecule has 1 aromatic rings. The van der Waals surface area contributed by atoms with Crippen molar-refractivity contribution in [3.05, 3.63) is 29.6 Å². The Kier molecular flexibility index (Phi) is 3.08. The maximum Gasteiger partial charge on any atom is 0.308 e. The molecule has 1 N–H and O–H groups in total. The predicted octanol–water partition coefficient (Wildman–Crippen LogP) is 0.937. The maximum absolute atomic E-state index is 12.1. The van der Waals surface area contributed by atoms with E-state index >= 15 is 0 Å². The molecule has 5 heteroatoms. The van der Waals surface area contributed by atoms with E-state index in [4.69, 9.17) is 5.11 Å². The Morgan fingerprint density at radius 1 is 1.53 bits per heavy atom. The molecule has 1 unspecified atom stereocenters. The molecule has 1 aliphatic rings. The summed E-state index contributed by atoms with van der Waals surface area (Å²) in [6.07, 6.45) is 2.16. The highest BCUT2D eigenvalue weighted by Crippen LogP contribution is 2.19. The molecule has 0 saturated carbocycles. The highest BCUT2D eigenvalue weighted by molar-refractivity contribution is 5.95. The average molecular weight is 234 g/mol. The zero-order valence-electron chi connectivity index (χ0n) is 9.59. The molecule has 1 aromatic heterocycles. The number of amides is 1. The molecule has 2 rings (SSSR count). The van der Waals surface area contributed by atoms with Gasteiger partial charge in [0.2, 0.25) is 0 Å². The summed E-state index contributed by atoms with van der Waals surface area (Å²) in [6, 6.07) is 3.43. The number of likely N-dealkylation sites (tertiary alicyclic amines) is 1. The molecule has 0 radical (unpaired) electrons. The zero-order valence-corrected chi connectivity index (χ0v) is 9.59. The third-order valence-electron chi connectivity index (χ3n) is 3.06. The monoisotopic (exact) mass is 234 g/mol. The van der Waals surface area contributed by atoms with Crippen molar-refractivity contribution in [3.8, 4) is 0 Å². The van der Waals surface area contributed by atoms with Crippen molar-refractivity contribution in [1.82, 2.24) is 9.88 Å². The fraction of sp³-hybridized carbons (Fsp3) is 0.417. The number of carboxylic acid groups (broad SMARTS) is 1. The summed E-state index contributed by atoms with van der Waals surface area (Å²) in [5.74, 6) is -1.39. The second kappa shape index (κ2) is 4.53. The van der Waals surface area contributed by atoms with E-state index in [2.05, 4.69) is 4.98 Å². The molecule has 0 spiro atoms. The molecule has 0 bridgehead atoms. The van der Waals surface area contributed by atoms with Gasteiger partial charge in [0.15, 0.2) is 0 Å². The fourth-order valence-electron chi connectivity index (χ4n) is 2.03. The number of aryl methyl sites for hydroxylation is 1. The van der Waals surface area contributed by atoms with Gasteiger partial charge in [0, 0.05) is 25.0 Å². The Labute approximate surface area is 99.1 Å². The van der Waals surface area contributed by atoms with Crippen molar-refractivity contribution >= 4 is 11.9 Å². The predicted molar refractivity (Wildman–Crippen MR) is 60.6 cm³/mol. The van der Waals surface area contributed by atoms with E-state index in [9.17, 15) is 9.59 Å². The SMILES string of the molecule is Cc1ncccc1C(=O)N1CCC(C(=O)O)C1. The number of nitrogens with zero attached hydrogens (tertiary/aromatic N) is 2. The first kappa shape index (κ1) is 11.6. The van der Waals surface area contributed by atoms with Crippen LogP contribution in [0.15, 0.2) is 18.3 Å². The number of hydrogen-bond donors (Lipinski definition) is 1. The standard InChI is InChI=1S/C12H14N2O3/c1-8-10(3-2-5-13-8)11(15)14-6-4-9(7-14)12(16)17/h2-3,5,9H,4,6-7H2,1H3,(H,16,17). The molecule has 90 valence electrons. The Morgan fingerprint density at radius 3 is 2.88 bits per heavy atom. The van der Waals surface area contributed by atoms with Crippen molar-refractivity contribution in [2.45, 2.75) is 13.3 Å². The summed E-state index contributed by atoms with van der Waals surface area (Å²) in [4.78, 5) is 28.6. The Morgan fingerprint density at radius 2 is 2.29 bits per heavy atom. The van der Waals surface area contributed by atoms with Crippen molar-refractivity contribution in [2.75, 3.05) is 13.1 Å². The van der Waals surface area contributed by atoms with E-state index in [-0.39, 0.29) is 5.91 Å². The van der Waals surface area contributed by atoms with E-state index in [1.165, 1.54) is 0 Å². The minimum atomic E-state index is -0.830. The van der Waals surface area contributed by atoms with E-state index < -0.39 is 11.9 Å². The Hall–Kier alpha value is -1.91. The van der Waals surface area contributed by atoms with Crippen molar-refractivity contribution in [2.24, 2.45) is 5.92 Å². The smallest absolute Gasteiger partial charge is 0.308 e. The van der Waals surface area contributed by atoms with Crippen LogP contribution in [0.25, 0.3) is 0 Å². The van der Waals surface area contributed by atoms with Crippen LogP contribution in [0, 0.1) is 12.8 Å². The van der Waals surface area contributed by atoms with Gasteiger partial charge < -0.3 is 10.0 Å². The Bertz CT molecular complexity index is 459. The van der Waals surface area contributed by atoms with E-state index in [1.54, 1.807) is 30.2 Å². The number of hydrogen-bond acceptors (Lipinski definition) is 3. The molecule has 1 fully saturated rings. The lowest BCUT2D eigenvalue weighted by molar-refractivity contribution is -0.141. The highest BCUT2D eigenvalue weighted by Gasteiger charge is 2.31. The molecule has 5 nitrogen and oxygen atoms in total. The molecular formula is C12H14N2O3.